The van der Waals surface area contributed by atoms with E-state index in [-0.39, 0.29) is 11.9 Å². The molecule has 1 amide bonds. The number of benzene rings is 1. The van der Waals surface area contributed by atoms with Gasteiger partial charge in [-0.3, -0.25) is 14.7 Å². The van der Waals surface area contributed by atoms with E-state index in [2.05, 4.69) is 44.6 Å². The summed E-state index contributed by atoms with van der Waals surface area (Å²) in [4.78, 5) is 19.5. The Morgan fingerprint density at radius 2 is 1.96 bits per heavy atom. The Labute approximate surface area is 165 Å². The van der Waals surface area contributed by atoms with Crippen LogP contribution in [0.2, 0.25) is 0 Å². The fraction of sp³-hybridized carbons (Fsp3) is 0.318. The molecule has 28 heavy (non-hydrogen) atoms. The summed E-state index contributed by atoms with van der Waals surface area (Å²) in [5.41, 5.74) is 3.55. The maximum atomic E-state index is 12.7. The molecule has 1 aromatic carbocycles. The molecule has 0 unspecified atom stereocenters. The van der Waals surface area contributed by atoms with Gasteiger partial charge >= 0.3 is 0 Å². The first-order chi connectivity index (χ1) is 13.6. The summed E-state index contributed by atoms with van der Waals surface area (Å²) >= 11 is 0. The lowest BCUT2D eigenvalue weighted by Gasteiger charge is -2.18. The number of hydrogen-bond donors (Lipinski definition) is 1. The van der Waals surface area contributed by atoms with Crippen molar-refractivity contribution < 1.29 is 4.79 Å². The molecule has 0 radical (unpaired) electrons. The number of amides is 1. The number of anilines is 1. The van der Waals surface area contributed by atoms with Gasteiger partial charge in [0.25, 0.3) is 5.91 Å². The fourth-order valence-corrected chi connectivity index (χ4v) is 3.81. The van der Waals surface area contributed by atoms with Crippen LogP contribution in [0, 0.1) is 13.8 Å². The Balaban J connectivity index is 1.44. The van der Waals surface area contributed by atoms with Gasteiger partial charge in [0.15, 0.2) is 0 Å². The zero-order chi connectivity index (χ0) is 19.5. The molecule has 0 saturated carbocycles. The maximum Gasteiger partial charge on any atom is 0.258 e. The Bertz CT molecular complexity index is 966. The lowest BCUT2D eigenvalue weighted by atomic mass is 10.1. The van der Waals surface area contributed by atoms with Gasteiger partial charge < -0.3 is 5.32 Å². The monoisotopic (exact) mass is 375 g/mol. The van der Waals surface area contributed by atoms with Crippen molar-refractivity contribution in [1.82, 2.24) is 19.7 Å². The normalized spacial score (nSPS) is 17.0. The molecule has 2 aromatic heterocycles. The molecule has 1 atom stereocenters. The van der Waals surface area contributed by atoms with Crippen molar-refractivity contribution >= 4 is 11.7 Å². The molecule has 0 spiro atoms. The van der Waals surface area contributed by atoms with Crippen molar-refractivity contribution in [3.63, 3.8) is 0 Å². The molecule has 0 bridgehead atoms. The van der Waals surface area contributed by atoms with E-state index in [1.54, 1.807) is 6.20 Å². The molecule has 1 fully saturated rings. The largest absolute Gasteiger partial charge is 0.307 e. The van der Waals surface area contributed by atoms with Crippen molar-refractivity contribution in [2.24, 2.45) is 0 Å². The summed E-state index contributed by atoms with van der Waals surface area (Å²) in [5, 5.41) is 7.49. The van der Waals surface area contributed by atoms with Crippen molar-refractivity contribution in [2.75, 3.05) is 18.4 Å². The fourth-order valence-electron chi connectivity index (χ4n) is 3.81. The molecule has 3 aromatic rings. The summed E-state index contributed by atoms with van der Waals surface area (Å²) in [6.45, 7) is 6.66. The van der Waals surface area contributed by atoms with E-state index in [0.29, 0.717) is 5.56 Å². The van der Waals surface area contributed by atoms with E-state index < -0.39 is 0 Å². The number of nitrogens with one attached hydrogen (secondary N) is 1. The number of pyridine rings is 1. The quantitative estimate of drug-likeness (QED) is 0.740. The van der Waals surface area contributed by atoms with E-state index in [4.69, 9.17) is 0 Å². The minimum atomic E-state index is -0.147. The molecular formula is C22H25N5O. The number of aryl methyl sites for hydroxylation is 2. The van der Waals surface area contributed by atoms with Crippen LogP contribution in [-0.2, 0) is 6.54 Å². The third-order valence-corrected chi connectivity index (χ3v) is 5.22. The molecule has 144 valence electrons. The van der Waals surface area contributed by atoms with Gasteiger partial charge in [-0.2, -0.15) is 5.10 Å². The Morgan fingerprint density at radius 1 is 1.14 bits per heavy atom. The molecule has 1 aliphatic heterocycles. The Kier molecular flexibility index (Phi) is 5.21. The number of hydrogen-bond acceptors (Lipinski definition) is 4. The highest BCUT2D eigenvalue weighted by molar-refractivity contribution is 6.04. The molecule has 4 rings (SSSR count). The molecule has 3 heterocycles. The number of likely N-dealkylation sites (tertiary alicyclic amines) is 1. The van der Waals surface area contributed by atoms with Gasteiger partial charge in [0.2, 0.25) is 0 Å². The summed E-state index contributed by atoms with van der Waals surface area (Å²) in [5.74, 6) is 0.586. The van der Waals surface area contributed by atoms with Crippen LogP contribution in [0.15, 0.2) is 54.7 Å². The molecule has 1 saturated heterocycles. The van der Waals surface area contributed by atoms with Crippen molar-refractivity contribution in [2.45, 2.75) is 32.9 Å². The molecule has 1 aliphatic rings. The minimum absolute atomic E-state index is 0.147. The maximum absolute atomic E-state index is 12.7. The average molecular weight is 375 g/mol. The number of aromatic nitrogens is 3. The number of nitrogens with zero attached hydrogens (tertiary/aromatic N) is 4. The van der Waals surface area contributed by atoms with Gasteiger partial charge in [-0.05, 0) is 38.0 Å². The second-order valence-corrected chi connectivity index (χ2v) is 7.36. The Hall–Kier alpha value is -2.99. The number of carbonyl (C=O) groups excluding carboxylic acids is 1. The predicted octanol–water partition coefficient (Wildman–Crippen LogP) is 3.59. The Morgan fingerprint density at radius 3 is 2.75 bits per heavy atom. The van der Waals surface area contributed by atoms with E-state index in [1.807, 2.05) is 42.8 Å². The van der Waals surface area contributed by atoms with Crippen molar-refractivity contribution in [3.05, 3.63) is 77.2 Å². The molecule has 6 heteroatoms. The van der Waals surface area contributed by atoms with Crippen LogP contribution < -0.4 is 5.32 Å². The highest BCUT2D eigenvalue weighted by Crippen LogP contribution is 2.26. The summed E-state index contributed by atoms with van der Waals surface area (Å²) in [6.07, 6.45) is 2.76. The summed E-state index contributed by atoms with van der Waals surface area (Å²) < 4.78 is 1.94. The van der Waals surface area contributed by atoms with E-state index in [1.165, 1.54) is 5.56 Å². The first-order valence-electron chi connectivity index (χ1n) is 9.65. The molecule has 6 nitrogen and oxygen atoms in total. The van der Waals surface area contributed by atoms with Crippen LogP contribution in [0.3, 0.4) is 0 Å². The van der Waals surface area contributed by atoms with Crippen LogP contribution in [0.1, 0.15) is 39.8 Å². The van der Waals surface area contributed by atoms with Crippen molar-refractivity contribution in [1.29, 1.82) is 0 Å². The van der Waals surface area contributed by atoms with Gasteiger partial charge in [0.1, 0.15) is 5.82 Å². The lowest BCUT2D eigenvalue weighted by molar-refractivity contribution is 0.102. The first-order valence-corrected chi connectivity index (χ1v) is 9.65. The number of rotatable bonds is 5. The smallest absolute Gasteiger partial charge is 0.258 e. The predicted molar refractivity (Wildman–Crippen MR) is 109 cm³/mol. The molecule has 1 N–H and O–H groups in total. The van der Waals surface area contributed by atoms with Gasteiger partial charge in [-0.1, -0.05) is 30.3 Å². The second-order valence-electron chi connectivity index (χ2n) is 7.36. The standard InChI is InChI=1S/C22H25N5O/c1-16-8-9-20(17(2)24-16)22(28)25-21-10-12-23-27(21)19-11-13-26(15-19)14-18-6-4-3-5-7-18/h3-10,12,19H,11,13-15H2,1-2H3,(H,25,28)/t19-/m0/s1. The lowest BCUT2D eigenvalue weighted by Crippen LogP contribution is -2.23. The minimum Gasteiger partial charge on any atom is -0.307 e. The van der Waals surface area contributed by atoms with E-state index in [9.17, 15) is 4.79 Å². The van der Waals surface area contributed by atoms with Gasteiger partial charge in [0, 0.05) is 31.4 Å². The van der Waals surface area contributed by atoms with Gasteiger partial charge in [-0.25, -0.2) is 4.68 Å². The molecular weight excluding hydrogens is 350 g/mol. The third kappa shape index (κ3) is 3.97. The van der Waals surface area contributed by atoms with E-state index in [0.717, 1.165) is 43.3 Å². The highest BCUT2D eigenvalue weighted by Gasteiger charge is 2.26. The molecule has 0 aliphatic carbocycles. The average Bonchev–Trinajstić information content (AvgIpc) is 3.31. The van der Waals surface area contributed by atoms with Crippen LogP contribution in [0.5, 0.6) is 0 Å². The van der Waals surface area contributed by atoms with E-state index >= 15 is 0 Å². The zero-order valence-electron chi connectivity index (χ0n) is 16.3. The summed E-state index contributed by atoms with van der Waals surface area (Å²) in [6, 6.07) is 16.3. The first kappa shape index (κ1) is 18.4. The van der Waals surface area contributed by atoms with Gasteiger partial charge in [-0.15, -0.1) is 0 Å². The topological polar surface area (TPSA) is 63.1 Å². The van der Waals surface area contributed by atoms with Crippen LogP contribution in [0.4, 0.5) is 5.82 Å². The van der Waals surface area contributed by atoms with Gasteiger partial charge in [0.05, 0.1) is 23.5 Å². The van der Waals surface area contributed by atoms with Crippen LogP contribution >= 0.6 is 0 Å². The second kappa shape index (κ2) is 7.94. The number of carbonyl (C=O) groups is 1. The zero-order valence-corrected chi connectivity index (χ0v) is 16.3. The SMILES string of the molecule is Cc1ccc(C(=O)Nc2ccnn2[C@H]2CCN(Cc3ccccc3)C2)c(C)n1. The van der Waals surface area contributed by atoms with Crippen molar-refractivity contribution in [3.8, 4) is 0 Å². The van der Waals surface area contributed by atoms with Crippen LogP contribution in [0.25, 0.3) is 0 Å². The summed E-state index contributed by atoms with van der Waals surface area (Å²) in [7, 11) is 0. The third-order valence-electron chi connectivity index (χ3n) is 5.22. The highest BCUT2D eigenvalue weighted by atomic mass is 16.1. The van der Waals surface area contributed by atoms with Crippen LogP contribution in [-0.4, -0.2) is 38.7 Å².